The largest absolute Gasteiger partial charge is 0.370 e. The first-order chi connectivity index (χ1) is 9.24. The fraction of sp³-hybridized carbons (Fsp3) is 0.462. The number of thiazole rings is 1. The summed E-state index contributed by atoms with van der Waals surface area (Å²) in [6.45, 7) is 7.80. The van der Waals surface area contributed by atoms with Crippen molar-refractivity contribution < 1.29 is 0 Å². The highest BCUT2D eigenvalue weighted by molar-refractivity contribution is 7.11. The second-order valence-electron chi connectivity index (χ2n) is 4.13. The van der Waals surface area contributed by atoms with Gasteiger partial charge in [0.15, 0.2) is 0 Å². The zero-order valence-corrected chi connectivity index (χ0v) is 12.3. The highest BCUT2D eigenvalue weighted by Crippen LogP contribution is 2.21. The van der Waals surface area contributed by atoms with Crippen molar-refractivity contribution >= 4 is 23.0 Å². The van der Waals surface area contributed by atoms with Gasteiger partial charge in [-0.2, -0.15) is 0 Å². The summed E-state index contributed by atoms with van der Waals surface area (Å²) in [6.07, 6.45) is 4.40. The van der Waals surface area contributed by atoms with E-state index in [1.54, 1.807) is 17.7 Å². The summed E-state index contributed by atoms with van der Waals surface area (Å²) in [5, 5.41) is 7.73. The number of nitrogens with zero attached hydrogens (tertiary/aromatic N) is 3. The Kier molecular flexibility index (Phi) is 4.68. The number of aryl methyl sites for hydroxylation is 1. The van der Waals surface area contributed by atoms with Crippen molar-refractivity contribution in [3.05, 3.63) is 28.0 Å². The van der Waals surface area contributed by atoms with Crippen molar-refractivity contribution in [2.24, 2.45) is 0 Å². The first-order valence-corrected chi connectivity index (χ1v) is 7.29. The Hall–Kier alpha value is -1.69. The molecule has 0 radical (unpaired) electrons. The summed E-state index contributed by atoms with van der Waals surface area (Å²) in [5.41, 5.74) is 1.13. The number of nitrogens with one attached hydrogen (secondary N) is 2. The molecule has 19 heavy (non-hydrogen) atoms. The van der Waals surface area contributed by atoms with Crippen LogP contribution in [-0.2, 0) is 13.0 Å². The SMILES string of the molecule is CCNc1ncnc(NCc2cnc(C)s2)c1CC. The number of hydrogen-bond acceptors (Lipinski definition) is 6. The van der Waals surface area contributed by atoms with Gasteiger partial charge in [0.25, 0.3) is 0 Å². The van der Waals surface area contributed by atoms with E-state index in [0.717, 1.165) is 41.7 Å². The minimum atomic E-state index is 0.751. The monoisotopic (exact) mass is 277 g/mol. The van der Waals surface area contributed by atoms with Crippen LogP contribution in [0.4, 0.5) is 11.6 Å². The third kappa shape index (κ3) is 3.41. The van der Waals surface area contributed by atoms with Gasteiger partial charge in [0.1, 0.15) is 18.0 Å². The third-order valence-corrected chi connectivity index (χ3v) is 3.66. The zero-order valence-electron chi connectivity index (χ0n) is 11.5. The Morgan fingerprint density at radius 1 is 1.11 bits per heavy atom. The molecule has 0 spiro atoms. The molecule has 2 N–H and O–H groups in total. The Balaban J connectivity index is 2.13. The van der Waals surface area contributed by atoms with Crippen molar-refractivity contribution in [3.8, 4) is 0 Å². The molecule has 0 unspecified atom stereocenters. The molecule has 0 saturated carbocycles. The van der Waals surface area contributed by atoms with Crippen LogP contribution in [0.1, 0.15) is 29.3 Å². The lowest BCUT2D eigenvalue weighted by atomic mass is 10.2. The molecule has 2 heterocycles. The lowest BCUT2D eigenvalue weighted by Gasteiger charge is -2.13. The van der Waals surface area contributed by atoms with E-state index in [9.17, 15) is 0 Å². The van der Waals surface area contributed by atoms with Crippen LogP contribution in [0.25, 0.3) is 0 Å². The molecular formula is C13H19N5S. The molecule has 0 fully saturated rings. The Bertz CT molecular complexity index is 538. The molecule has 102 valence electrons. The Morgan fingerprint density at radius 3 is 2.42 bits per heavy atom. The van der Waals surface area contributed by atoms with Crippen molar-refractivity contribution in [1.29, 1.82) is 0 Å². The second kappa shape index (κ2) is 6.47. The number of hydrogen-bond donors (Lipinski definition) is 2. The predicted octanol–water partition coefficient (Wildman–Crippen LogP) is 2.85. The van der Waals surface area contributed by atoms with Gasteiger partial charge < -0.3 is 10.6 Å². The fourth-order valence-electron chi connectivity index (χ4n) is 1.88. The van der Waals surface area contributed by atoms with Crippen molar-refractivity contribution in [2.45, 2.75) is 33.7 Å². The van der Waals surface area contributed by atoms with Crippen LogP contribution in [0, 0.1) is 6.92 Å². The maximum Gasteiger partial charge on any atom is 0.135 e. The first kappa shape index (κ1) is 13.7. The molecule has 0 amide bonds. The molecule has 2 rings (SSSR count). The average molecular weight is 277 g/mol. The minimum Gasteiger partial charge on any atom is -0.370 e. The Labute approximate surface area is 117 Å². The summed E-state index contributed by atoms with van der Waals surface area (Å²) < 4.78 is 0. The molecule has 0 aliphatic carbocycles. The van der Waals surface area contributed by atoms with E-state index in [1.165, 1.54) is 4.88 Å². The van der Waals surface area contributed by atoms with Crippen LogP contribution in [0.3, 0.4) is 0 Å². The van der Waals surface area contributed by atoms with Gasteiger partial charge in [0.2, 0.25) is 0 Å². The molecule has 2 aromatic heterocycles. The molecule has 0 aromatic carbocycles. The van der Waals surface area contributed by atoms with E-state index in [0.29, 0.717) is 0 Å². The van der Waals surface area contributed by atoms with Crippen LogP contribution in [0.15, 0.2) is 12.5 Å². The van der Waals surface area contributed by atoms with Crippen LogP contribution >= 0.6 is 11.3 Å². The van der Waals surface area contributed by atoms with Gasteiger partial charge in [-0.3, -0.25) is 0 Å². The van der Waals surface area contributed by atoms with Crippen LogP contribution < -0.4 is 10.6 Å². The van der Waals surface area contributed by atoms with E-state index in [2.05, 4.69) is 39.4 Å². The first-order valence-electron chi connectivity index (χ1n) is 6.47. The fourth-order valence-corrected chi connectivity index (χ4v) is 2.61. The molecule has 6 heteroatoms. The smallest absolute Gasteiger partial charge is 0.135 e. The lowest BCUT2D eigenvalue weighted by molar-refractivity contribution is 1.00. The quantitative estimate of drug-likeness (QED) is 0.850. The van der Waals surface area contributed by atoms with Gasteiger partial charge in [0, 0.05) is 23.2 Å². The van der Waals surface area contributed by atoms with E-state index >= 15 is 0 Å². The van der Waals surface area contributed by atoms with Gasteiger partial charge in [-0.1, -0.05) is 6.92 Å². The highest BCUT2D eigenvalue weighted by atomic mass is 32.1. The third-order valence-electron chi connectivity index (χ3n) is 2.74. The van der Waals surface area contributed by atoms with Gasteiger partial charge in [-0.05, 0) is 20.3 Å². The topological polar surface area (TPSA) is 62.7 Å². The zero-order chi connectivity index (χ0) is 13.7. The summed E-state index contributed by atoms with van der Waals surface area (Å²) in [5.74, 6) is 1.82. The van der Waals surface area contributed by atoms with Crippen LogP contribution in [-0.4, -0.2) is 21.5 Å². The van der Waals surface area contributed by atoms with Crippen LogP contribution in [0.5, 0.6) is 0 Å². The molecule has 0 aliphatic heterocycles. The van der Waals surface area contributed by atoms with Crippen molar-refractivity contribution in [3.63, 3.8) is 0 Å². The molecule has 5 nitrogen and oxygen atoms in total. The van der Waals surface area contributed by atoms with E-state index in [4.69, 9.17) is 0 Å². The van der Waals surface area contributed by atoms with Crippen molar-refractivity contribution in [1.82, 2.24) is 15.0 Å². The highest BCUT2D eigenvalue weighted by Gasteiger charge is 2.09. The summed E-state index contributed by atoms with van der Waals surface area (Å²) >= 11 is 1.70. The standard InChI is InChI=1S/C13H19N5S/c1-4-11-12(14-5-2)17-8-18-13(11)16-7-10-6-15-9(3)19-10/h6,8H,4-5,7H2,1-3H3,(H2,14,16,17,18). The van der Waals surface area contributed by atoms with Gasteiger partial charge in [0.05, 0.1) is 11.6 Å². The molecule has 0 bridgehead atoms. The number of anilines is 2. The summed E-state index contributed by atoms with van der Waals surface area (Å²) in [4.78, 5) is 14.1. The maximum absolute atomic E-state index is 4.34. The maximum atomic E-state index is 4.34. The molecule has 2 aromatic rings. The van der Waals surface area contributed by atoms with Gasteiger partial charge >= 0.3 is 0 Å². The van der Waals surface area contributed by atoms with Gasteiger partial charge in [-0.25, -0.2) is 15.0 Å². The Morgan fingerprint density at radius 2 is 1.84 bits per heavy atom. The van der Waals surface area contributed by atoms with E-state index in [1.807, 2.05) is 13.1 Å². The van der Waals surface area contributed by atoms with Crippen LogP contribution in [0.2, 0.25) is 0 Å². The molecule has 0 atom stereocenters. The predicted molar refractivity (Wildman–Crippen MR) is 79.8 cm³/mol. The molecular weight excluding hydrogens is 258 g/mol. The summed E-state index contributed by atoms with van der Waals surface area (Å²) in [6, 6.07) is 0. The van der Waals surface area contributed by atoms with Crippen molar-refractivity contribution in [2.75, 3.05) is 17.2 Å². The summed E-state index contributed by atoms with van der Waals surface area (Å²) in [7, 11) is 0. The van der Waals surface area contributed by atoms with E-state index < -0.39 is 0 Å². The minimum absolute atomic E-state index is 0.751. The number of aromatic nitrogens is 3. The lowest BCUT2D eigenvalue weighted by Crippen LogP contribution is -2.09. The normalized spacial score (nSPS) is 10.5. The van der Waals surface area contributed by atoms with Gasteiger partial charge in [-0.15, -0.1) is 11.3 Å². The molecule has 0 saturated heterocycles. The number of rotatable bonds is 6. The average Bonchev–Trinajstić information content (AvgIpc) is 2.83. The second-order valence-corrected chi connectivity index (χ2v) is 5.45. The molecule has 0 aliphatic rings. The van der Waals surface area contributed by atoms with E-state index in [-0.39, 0.29) is 0 Å².